The Labute approximate surface area is 169 Å². The predicted molar refractivity (Wildman–Crippen MR) is 108 cm³/mol. The number of carbonyl (C=O) groups is 2. The van der Waals surface area contributed by atoms with Crippen LogP contribution in [0.25, 0.3) is 10.9 Å². The molecule has 152 valence electrons. The second-order valence-corrected chi connectivity index (χ2v) is 7.49. The van der Waals surface area contributed by atoms with E-state index in [0.717, 1.165) is 16.7 Å². The van der Waals surface area contributed by atoms with Crippen LogP contribution in [0.15, 0.2) is 49.2 Å². The van der Waals surface area contributed by atoms with E-state index in [4.69, 9.17) is 9.47 Å². The minimum atomic E-state index is -0.975. The Balaban J connectivity index is 1.40. The third kappa shape index (κ3) is 3.70. The number of benzene rings is 1. The molecule has 4 atom stereocenters. The summed E-state index contributed by atoms with van der Waals surface area (Å²) < 4.78 is 11.3. The fraction of sp³-hybridized carbons (Fsp3) is 0.409. The second kappa shape index (κ2) is 7.83. The maximum atomic E-state index is 12.8. The summed E-state index contributed by atoms with van der Waals surface area (Å²) in [5.41, 5.74) is -0.109. The molecule has 2 heterocycles. The van der Waals surface area contributed by atoms with E-state index in [9.17, 15) is 9.59 Å². The number of pyridine rings is 1. The minimum Gasteiger partial charge on any atom is -0.488 e. The third-order valence-electron chi connectivity index (χ3n) is 5.59. The van der Waals surface area contributed by atoms with Crippen molar-refractivity contribution in [1.29, 1.82) is 0 Å². The molecule has 1 saturated heterocycles. The number of rotatable bonds is 7. The lowest BCUT2D eigenvalue weighted by Crippen LogP contribution is -2.51. The summed E-state index contributed by atoms with van der Waals surface area (Å²) in [5, 5.41) is 7.04. The van der Waals surface area contributed by atoms with Crippen molar-refractivity contribution in [3.05, 3.63) is 49.2 Å². The van der Waals surface area contributed by atoms with Crippen molar-refractivity contribution >= 4 is 22.8 Å². The van der Waals surface area contributed by atoms with Crippen molar-refractivity contribution in [3.8, 4) is 5.75 Å². The van der Waals surface area contributed by atoms with Gasteiger partial charge >= 0.3 is 5.97 Å². The normalized spacial score (nSPS) is 28.0. The van der Waals surface area contributed by atoms with Crippen molar-refractivity contribution in [2.45, 2.75) is 37.5 Å². The molecule has 0 spiro atoms. The highest BCUT2D eigenvalue weighted by atomic mass is 16.5. The molecular weight excluding hydrogens is 370 g/mol. The first-order chi connectivity index (χ1) is 14.1. The van der Waals surface area contributed by atoms with Crippen LogP contribution in [0.1, 0.15) is 19.8 Å². The molecule has 4 rings (SSSR count). The SMILES string of the molecule is C=CC1C[C@]1(NC(=O)[C@@H]1C[C@@H](Oc2ccnc3ccccc23)CN1)C(=O)OCC. The van der Waals surface area contributed by atoms with Crippen molar-refractivity contribution in [2.24, 2.45) is 5.92 Å². The fourth-order valence-electron chi connectivity index (χ4n) is 3.91. The van der Waals surface area contributed by atoms with E-state index in [1.165, 1.54) is 0 Å². The number of esters is 1. The van der Waals surface area contributed by atoms with E-state index in [0.29, 0.717) is 19.4 Å². The van der Waals surface area contributed by atoms with E-state index in [-0.39, 0.29) is 24.5 Å². The molecule has 1 amide bonds. The highest BCUT2D eigenvalue weighted by molar-refractivity contribution is 5.93. The van der Waals surface area contributed by atoms with Gasteiger partial charge in [-0.2, -0.15) is 0 Å². The number of fused-ring (bicyclic) bond motifs is 1. The average Bonchev–Trinajstić information content (AvgIpc) is 3.25. The lowest BCUT2D eigenvalue weighted by atomic mass is 10.1. The Morgan fingerprint density at radius 2 is 2.21 bits per heavy atom. The number of hydrogen-bond donors (Lipinski definition) is 2. The van der Waals surface area contributed by atoms with Crippen LogP contribution >= 0.6 is 0 Å². The predicted octanol–water partition coefficient (Wildman–Crippen LogP) is 1.97. The molecule has 2 aromatic rings. The smallest absolute Gasteiger partial charge is 0.332 e. The molecule has 0 radical (unpaired) electrons. The van der Waals surface area contributed by atoms with Crippen LogP contribution in [0.5, 0.6) is 5.75 Å². The number of para-hydroxylation sites is 1. The molecular formula is C22H25N3O4. The van der Waals surface area contributed by atoms with Gasteiger partial charge < -0.3 is 20.1 Å². The Morgan fingerprint density at radius 1 is 1.38 bits per heavy atom. The van der Waals surface area contributed by atoms with Gasteiger partial charge in [-0.25, -0.2) is 4.79 Å². The first kappa shape index (κ1) is 19.4. The number of nitrogens with zero attached hydrogens (tertiary/aromatic N) is 1. The van der Waals surface area contributed by atoms with Gasteiger partial charge in [0.25, 0.3) is 0 Å². The Morgan fingerprint density at radius 3 is 2.97 bits per heavy atom. The standard InChI is InChI=1S/C22H25N3O4/c1-3-14-12-22(14,21(27)28-4-2)25-20(26)18-11-15(13-24-18)29-19-9-10-23-17-8-6-5-7-16(17)19/h3,5-10,14-15,18,24H,1,4,11-13H2,2H3,(H,25,26)/t14?,15-,18+,22-/m1/s1. The summed E-state index contributed by atoms with van der Waals surface area (Å²) in [6.07, 6.45) is 4.30. The highest BCUT2D eigenvalue weighted by Crippen LogP contribution is 2.45. The molecule has 2 N–H and O–H groups in total. The molecule has 1 aromatic carbocycles. The van der Waals surface area contributed by atoms with Crippen molar-refractivity contribution < 1.29 is 19.1 Å². The van der Waals surface area contributed by atoms with Crippen molar-refractivity contribution in [1.82, 2.24) is 15.6 Å². The maximum Gasteiger partial charge on any atom is 0.332 e. The Hall–Kier alpha value is -2.93. The number of aromatic nitrogens is 1. The van der Waals surface area contributed by atoms with Gasteiger partial charge in [-0.1, -0.05) is 18.2 Å². The second-order valence-electron chi connectivity index (χ2n) is 7.49. The number of carbonyl (C=O) groups excluding carboxylic acids is 2. The monoisotopic (exact) mass is 395 g/mol. The van der Waals surface area contributed by atoms with Gasteiger partial charge in [0.15, 0.2) is 0 Å². The first-order valence-corrected chi connectivity index (χ1v) is 9.93. The van der Waals surface area contributed by atoms with Crippen LogP contribution in [0.3, 0.4) is 0 Å². The quantitative estimate of drug-likeness (QED) is 0.550. The van der Waals surface area contributed by atoms with E-state index < -0.39 is 17.6 Å². The third-order valence-corrected chi connectivity index (χ3v) is 5.59. The van der Waals surface area contributed by atoms with Gasteiger partial charge in [0.05, 0.1) is 18.2 Å². The van der Waals surface area contributed by atoms with Gasteiger partial charge in [-0.05, 0) is 31.5 Å². The minimum absolute atomic E-state index is 0.0952. The Bertz CT molecular complexity index is 941. The molecule has 1 aliphatic heterocycles. The van der Waals surface area contributed by atoms with Crippen LogP contribution in [0.2, 0.25) is 0 Å². The van der Waals surface area contributed by atoms with E-state index >= 15 is 0 Å². The van der Waals surface area contributed by atoms with Crippen LogP contribution in [-0.2, 0) is 14.3 Å². The summed E-state index contributed by atoms with van der Waals surface area (Å²) in [4.78, 5) is 29.5. The zero-order valence-electron chi connectivity index (χ0n) is 16.4. The van der Waals surface area contributed by atoms with Gasteiger partial charge in [0.2, 0.25) is 5.91 Å². The summed E-state index contributed by atoms with van der Waals surface area (Å²) in [6, 6.07) is 9.20. The summed E-state index contributed by atoms with van der Waals surface area (Å²) in [7, 11) is 0. The molecule has 0 bridgehead atoms. The topological polar surface area (TPSA) is 89.5 Å². The number of amides is 1. The summed E-state index contributed by atoms with van der Waals surface area (Å²) in [5.74, 6) is 0.0443. The molecule has 7 heteroatoms. The van der Waals surface area contributed by atoms with Crippen LogP contribution in [-0.4, -0.2) is 47.7 Å². The van der Waals surface area contributed by atoms with Crippen LogP contribution in [0.4, 0.5) is 0 Å². The molecule has 7 nitrogen and oxygen atoms in total. The highest BCUT2D eigenvalue weighted by Gasteiger charge is 2.61. The lowest BCUT2D eigenvalue weighted by Gasteiger charge is -2.20. The van der Waals surface area contributed by atoms with Crippen LogP contribution < -0.4 is 15.4 Å². The number of hydrogen-bond acceptors (Lipinski definition) is 6. The number of nitrogens with one attached hydrogen (secondary N) is 2. The zero-order valence-corrected chi connectivity index (χ0v) is 16.4. The van der Waals surface area contributed by atoms with Gasteiger partial charge in [0.1, 0.15) is 17.4 Å². The molecule has 1 aliphatic carbocycles. The van der Waals surface area contributed by atoms with Crippen molar-refractivity contribution in [3.63, 3.8) is 0 Å². The van der Waals surface area contributed by atoms with E-state index in [2.05, 4.69) is 22.2 Å². The first-order valence-electron chi connectivity index (χ1n) is 9.93. The molecule has 2 fully saturated rings. The zero-order chi connectivity index (χ0) is 20.4. The fourth-order valence-corrected chi connectivity index (χ4v) is 3.91. The largest absolute Gasteiger partial charge is 0.488 e. The van der Waals surface area contributed by atoms with Gasteiger partial charge in [-0.15, -0.1) is 6.58 Å². The van der Waals surface area contributed by atoms with E-state index in [1.54, 1.807) is 19.2 Å². The molecule has 1 unspecified atom stereocenters. The maximum absolute atomic E-state index is 12.8. The summed E-state index contributed by atoms with van der Waals surface area (Å²) in [6.45, 7) is 6.32. The molecule has 1 aromatic heterocycles. The van der Waals surface area contributed by atoms with E-state index in [1.807, 2.05) is 30.3 Å². The molecule has 1 saturated carbocycles. The van der Waals surface area contributed by atoms with Gasteiger partial charge in [0, 0.05) is 30.5 Å². The van der Waals surface area contributed by atoms with Crippen LogP contribution in [0, 0.1) is 5.92 Å². The van der Waals surface area contributed by atoms with Gasteiger partial charge in [-0.3, -0.25) is 9.78 Å². The molecule has 29 heavy (non-hydrogen) atoms. The summed E-state index contributed by atoms with van der Waals surface area (Å²) >= 11 is 0. The number of ether oxygens (including phenoxy) is 2. The average molecular weight is 395 g/mol. The van der Waals surface area contributed by atoms with Crippen molar-refractivity contribution in [2.75, 3.05) is 13.2 Å². The lowest BCUT2D eigenvalue weighted by molar-refractivity contribution is -0.149. The Kier molecular flexibility index (Phi) is 5.24. The molecule has 2 aliphatic rings.